The van der Waals surface area contributed by atoms with Crippen molar-refractivity contribution < 1.29 is 9.59 Å². The first-order chi connectivity index (χ1) is 11.4. The molecule has 122 valence electrons. The van der Waals surface area contributed by atoms with Gasteiger partial charge in [0.15, 0.2) is 0 Å². The van der Waals surface area contributed by atoms with Crippen LogP contribution in [0.1, 0.15) is 33.3 Å². The van der Waals surface area contributed by atoms with Gasteiger partial charge in [0, 0.05) is 11.9 Å². The van der Waals surface area contributed by atoms with Gasteiger partial charge in [0.2, 0.25) is 5.91 Å². The quantitative estimate of drug-likeness (QED) is 0.646. The van der Waals surface area contributed by atoms with Gasteiger partial charge >= 0.3 is 0 Å². The van der Waals surface area contributed by atoms with Crippen molar-refractivity contribution in [1.82, 2.24) is 5.43 Å². The van der Waals surface area contributed by atoms with Crippen molar-refractivity contribution in [2.45, 2.75) is 13.8 Å². The van der Waals surface area contributed by atoms with E-state index in [0.717, 1.165) is 16.9 Å². The monoisotopic (exact) mass is 360 g/mol. The van der Waals surface area contributed by atoms with Crippen molar-refractivity contribution in [3.8, 4) is 6.07 Å². The molecule has 1 heterocycles. The van der Waals surface area contributed by atoms with Crippen LogP contribution in [0, 0.1) is 18.3 Å². The number of anilines is 1. The lowest BCUT2D eigenvalue weighted by Crippen LogP contribution is -2.17. The molecule has 24 heavy (non-hydrogen) atoms. The maximum atomic E-state index is 12.2. The molecule has 0 aliphatic heterocycles. The Hall–Kier alpha value is -2.69. The average molecular weight is 361 g/mol. The van der Waals surface area contributed by atoms with Gasteiger partial charge in [0.05, 0.1) is 11.8 Å². The lowest BCUT2D eigenvalue weighted by molar-refractivity contribution is -0.114. The fourth-order valence-corrected chi connectivity index (χ4v) is 3.10. The number of hydrogen-bond donors (Lipinski definition) is 2. The number of carbonyl (C=O) groups is 2. The number of benzene rings is 1. The molecule has 0 atom stereocenters. The zero-order valence-corrected chi connectivity index (χ0v) is 14.5. The van der Waals surface area contributed by atoms with Crippen LogP contribution in [0.15, 0.2) is 29.4 Å². The van der Waals surface area contributed by atoms with Gasteiger partial charge in [0.25, 0.3) is 5.91 Å². The molecule has 6 nitrogen and oxygen atoms in total. The summed E-state index contributed by atoms with van der Waals surface area (Å²) in [4.78, 5) is 23.7. The average Bonchev–Trinajstić information content (AvgIpc) is 2.84. The third-order valence-electron chi connectivity index (χ3n) is 3.00. The highest BCUT2D eigenvalue weighted by Gasteiger charge is 2.20. The molecule has 0 fully saturated rings. The number of hydrogen-bond acceptors (Lipinski definition) is 5. The summed E-state index contributed by atoms with van der Waals surface area (Å²) >= 11 is 6.83. The first-order valence-electron chi connectivity index (χ1n) is 6.82. The summed E-state index contributed by atoms with van der Waals surface area (Å²) in [5, 5.41) is 16.6. The minimum Gasteiger partial charge on any atom is -0.317 e. The molecule has 1 aromatic heterocycles. The second kappa shape index (κ2) is 7.73. The molecule has 2 N–H and O–H groups in total. The van der Waals surface area contributed by atoms with E-state index >= 15 is 0 Å². The normalized spacial score (nSPS) is 10.4. The molecular formula is C16H13ClN4O2S. The van der Waals surface area contributed by atoms with E-state index < -0.39 is 5.91 Å². The van der Waals surface area contributed by atoms with Crippen LogP contribution in [0.5, 0.6) is 0 Å². The molecule has 2 aromatic rings. The standard InChI is InChI=1S/C16H13ClN4O2S/c1-9-13(7-18)16(20-10(2)22)24-14(9)15(23)21-19-8-11-3-5-12(17)6-4-11/h3-6,8H,1-2H3,(H,20,22)(H,21,23)/b19-8-. The smallest absolute Gasteiger partial charge is 0.281 e. The number of halogens is 1. The Morgan fingerprint density at radius 2 is 2.00 bits per heavy atom. The van der Waals surface area contributed by atoms with Crippen molar-refractivity contribution >= 4 is 46.0 Å². The Morgan fingerprint density at radius 1 is 1.33 bits per heavy atom. The molecule has 0 bridgehead atoms. The number of carbonyl (C=O) groups excluding carboxylic acids is 2. The zero-order chi connectivity index (χ0) is 17.7. The minimum atomic E-state index is -0.448. The van der Waals surface area contributed by atoms with Crippen LogP contribution in [0.4, 0.5) is 5.00 Å². The van der Waals surface area contributed by atoms with Crippen LogP contribution in [-0.2, 0) is 4.79 Å². The maximum absolute atomic E-state index is 12.2. The number of nitrogens with one attached hydrogen (secondary N) is 2. The fourth-order valence-electron chi connectivity index (χ4n) is 1.88. The molecule has 0 saturated heterocycles. The second-order valence-electron chi connectivity index (χ2n) is 4.80. The van der Waals surface area contributed by atoms with E-state index in [9.17, 15) is 14.9 Å². The molecule has 0 unspecified atom stereocenters. The molecule has 0 spiro atoms. The van der Waals surface area contributed by atoms with Gasteiger partial charge in [-0.15, -0.1) is 11.3 Å². The Labute approximate surface area is 147 Å². The van der Waals surface area contributed by atoms with E-state index in [2.05, 4.69) is 15.8 Å². The van der Waals surface area contributed by atoms with Gasteiger partial charge in [-0.05, 0) is 30.2 Å². The number of rotatable bonds is 4. The first-order valence-corrected chi connectivity index (χ1v) is 8.02. The molecule has 0 saturated carbocycles. The van der Waals surface area contributed by atoms with Crippen molar-refractivity contribution in [3.05, 3.63) is 50.9 Å². The third kappa shape index (κ3) is 4.19. The van der Waals surface area contributed by atoms with Crippen LogP contribution in [0.2, 0.25) is 5.02 Å². The van der Waals surface area contributed by atoms with E-state index in [4.69, 9.17) is 11.6 Å². The van der Waals surface area contributed by atoms with Crippen LogP contribution in [0.25, 0.3) is 0 Å². The summed E-state index contributed by atoms with van der Waals surface area (Å²) in [7, 11) is 0. The van der Waals surface area contributed by atoms with Crippen molar-refractivity contribution in [1.29, 1.82) is 5.26 Å². The minimum absolute atomic E-state index is 0.280. The highest BCUT2D eigenvalue weighted by Crippen LogP contribution is 2.32. The molecule has 0 aliphatic carbocycles. The Bertz CT molecular complexity index is 850. The number of nitriles is 1. The van der Waals surface area contributed by atoms with Crippen LogP contribution in [0.3, 0.4) is 0 Å². The number of thiophene rings is 1. The number of amides is 2. The number of nitrogens with zero attached hydrogens (tertiary/aromatic N) is 2. The van der Waals surface area contributed by atoms with Crippen molar-refractivity contribution in [3.63, 3.8) is 0 Å². The summed E-state index contributed by atoms with van der Waals surface area (Å²) < 4.78 is 0. The predicted molar refractivity (Wildman–Crippen MR) is 94.6 cm³/mol. The van der Waals surface area contributed by atoms with Gasteiger partial charge in [-0.3, -0.25) is 9.59 Å². The van der Waals surface area contributed by atoms with Gasteiger partial charge in [0.1, 0.15) is 15.9 Å². The number of hydrazone groups is 1. The lowest BCUT2D eigenvalue weighted by Gasteiger charge is -1.98. The van der Waals surface area contributed by atoms with Crippen LogP contribution < -0.4 is 10.7 Å². The Balaban J connectivity index is 2.15. The summed E-state index contributed by atoms with van der Waals surface area (Å²) in [6.45, 7) is 2.99. The molecule has 8 heteroatoms. The van der Waals surface area contributed by atoms with E-state index in [1.54, 1.807) is 31.2 Å². The maximum Gasteiger partial charge on any atom is 0.281 e. The van der Waals surface area contributed by atoms with E-state index in [1.807, 2.05) is 6.07 Å². The SMILES string of the molecule is CC(=O)Nc1sc(C(=O)N/N=C\c2ccc(Cl)cc2)c(C)c1C#N. The Morgan fingerprint density at radius 3 is 2.58 bits per heavy atom. The largest absolute Gasteiger partial charge is 0.317 e. The second-order valence-corrected chi connectivity index (χ2v) is 6.26. The van der Waals surface area contributed by atoms with Crippen molar-refractivity contribution in [2.75, 3.05) is 5.32 Å². The molecule has 0 aliphatic rings. The van der Waals surface area contributed by atoms with Crippen molar-refractivity contribution in [2.24, 2.45) is 5.10 Å². The topological polar surface area (TPSA) is 94.3 Å². The zero-order valence-electron chi connectivity index (χ0n) is 12.9. The molecule has 2 rings (SSSR count). The molecular weight excluding hydrogens is 348 g/mol. The fraction of sp³-hybridized carbons (Fsp3) is 0.125. The van der Waals surface area contributed by atoms with E-state index in [-0.39, 0.29) is 11.5 Å². The van der Waals surface area contributed by atoms with Gasteiger partial charge in [-0.1, -0.05) is 23.7 Å². The predicted octanol–water partition coefficient (Wildman–Crippen LogP) is 3.30. The lowest BCUT2D eigenvalue weighted by atomic mass is 10.1. The van der Waals surface area contributed by atoms with E-state index in [1.165, 1.54) is 13.1 Å². The summed E-state index contributed by atoms with van der Waals surface area (Å²) in [5.74, 6) is -0.753. The highest BCUT2D eigenvalue weighted by atomic mass is 35.5. The third-order valence-corrected chi connectivity index (χ3v) is 4.46. The van der Waals surface area contributed by atoms with Crippen LogP contribution >= 0.6 is 22.9 Å². The van der Waals surface area contributed by atoms with Gasteiger partial charge in [-0.25, -0.2) is 5.43 Å². The summed E-state index contributed by atoms with van der Waals surface area (Å²) in [6.07, 6.45) is 1.48. The summed E-state index contributed by atoms with van der Waals surface area (Å²) in [6, 6.07) is 8.95. The van der Waals surface area contributed by atoms with E-state index in [0.29, 0.717) is 20.5 Å². The molecule has 0 radical (unpaired) electrons. The Kier molecular flexibility index (Phi) is 5.68. The first kappa shape index (κ1) is 17.7. The van der Waals surface area contributed by atoms with Crippen LogP contribution in [-0.4, -0.2) is 18.0 Å². The van der Waals surface area contributed by atoms with Gasteiger partial charge < -0.3 is 5.32 Å². The molecule has 1 aromatic carbocycles. The van der Waals surface area contributed by atoms with Gasteiger partial charge in [-0.2, -0.15) is 10.4 Å². The highest BCUT2D eigenvalue weighted by molar-refractivity contribution is 7.18. The summed E-state index contributed by atoms with van der Waals surface area (Å²) in [5.41, 5.74) is 3.97. The molecule has 2 amide bonds.